The number of nitrogens with one attached hydrogen (secondary N) is 1. The van der Waals surface area contributed by atoms with Gasteiger partial charge >= 0.3 is 0 Å². The van der Waals surface area contributed by atoms with Gasteiger partial charge < -0.3 is 11.1 Å². The summed E-state index contributed by atoms with van der Waals surface area (Å²) in [5.74, 6) is 0.474. The Balaban J connectivity index is 0.00000324. The molecule has 0 heterocycles. The van der Waals surface area contributed by atoms with Crippen LogP contribution < -0.4 is 11.1 Å². The van der Waals surface area contributed by atoms with Gasteiger partial charge in [-0.2, -0.15) is 0 Å². The molecule has 0 atom stereocenters. The Morgan fingerprint density at radius 2 is 1.89 bits per heavy atom. The Morgan fingerprint density at radius 1 is 1.32 bits per heavy atom. The molecule has 19 heavy (non-hydrogen) atoms. The zero-order chi connectivity index (χ0) is 13.5. The number of benzene rings is 1. The number of rotatable bonds is 5. The Kier molecular flexibility index (Phi) is 8.75. The zero-order valence-electron chi connectivity index (χ0n) is 12.2. The van der Waals surface area contributed by atoms with Crippen LogP contribution in [0.25, 0.3) is 0 Å². The summed E-state index contributed by atoms with van der Waals surface area (Å²) in [5, 5.41) is 3.10. The third-order valence-corrected chi connectivity index (χ3v) is 3.12. The maximum atomic E-state index is 5.65. The van der Waals surface area contributed by atoms with Crippen LogP contribution in [-0.4, -0.2) is 31.0 Å². The molecule has 108 valence electrons. The highest BCUT2D eigenvalue weighted by atomic mass is 127. The number of aliphatic imine (C=N–C) groups is 1. The largest absolute Gasteiger partial charge is 0.370 e. The molecule has 3 N–H and O–H groups in total. The highest BCUT2D eigenvalue weighted by molar-refractivity contribution is 14.0. The third-order valence-electron chi connectivity index (χ3n) is 3.12. The maximum Gasteiger partial charge on any atom is 0.188 e. The van der Waals surface area contributed by atoms with Crippen molar-refractivity contribution in [1.82, 2.24) is 10.2 Å². The molecule has 0 radical (unpaired) electrons. The smallest absolute Gasteiger partial charge is 0.188 e. The number of nitrogens with zero attached hydrogens (tertiary/aromatic N) is 2. The number of hydrogen-bond donors (Lipinski definition) is 2. The van der Waals surface area contributed by atoms with Crippen molar-refractivity contribution in [2.45, 2.75) is 33.0 Å². The number of hydrogen-bond acceptors (Lipinski definition) is 2. The second-order valence-corrected chi connectivity index (χ2v) is 4.74. The molecule has 1 aromatic rings. The van der Waals surface area contributed by atoms with Crippen molar-refractivity contribution in [2.24, 2.45) is 10.7 Å². The molecule has 0 amide bonds. The van der Waals surface area contributed by atoms with Crippen LogP contribution in [-0.2, 0) is 13.1 Å². The topological polar surface area (TPSA) is 53.6 Å². The first-order chi connectivity index (χ1) is 8.54. The van der Waals surface area contributed by atoms with Gasteiger partial charge in [-0.25, -0.2) is 0 Å². The molecule has 0 spiro atoms. The minimum Gasteiger partial charge on any atom is -0.370 e. The number of guanidine groups is 1. The first-order valence-electron chi connectivity index (χ1n) is 6.27. The van der Waals surface area contributed by atoms with Crippen molar-refractivity contribution in [1.29, 1.82) is 0 Å². The average Bonchev–Trinajstić information content (AvgIpc) is 2.37. The van der Waals surface area contributed by atoms with E-state index in [0.29, 0.717) is 18.5 Å². The van der Waals surface area contributed by atoms with Gasteiger partial charge in [-0.3, -0.25) is 9.89 Å². The van der Waals surface area contributed by atoms with Gasteiger partial charge in [0, 0.05) is 26.2 Å². The molecule has 1 aromatic carbocycles. The van der Waals surface area contributed by atoms with E-state index in [9.17, 15) is 0 Å². The van der Waals surface area contributed by atoms with Crippen LogP contribution in [0.4, 0.5) is 0 Å². The van der Waals surface area contributed by atoms with Crippen LogP contribution in [0, 0.1) is 0 Å². The van der Waals surface area contributed by atoms with Crippen LogP contribution in [0.1, 0.15) is 25.0 Å². The van der Waals surface area contributed by atoms with Gasteiger partial charge in [0.05, 0.1) is 0 Å². The number of halogens is 1. The van der Waals surface area contributed by atoms with E-state index in [0.717, 1.165) is 6.54 Å². The molecule has 0 unspecified atom stereocenters. The molecular weight excluding hydrogens is 351 g/mol. The van der Waals surface area contributed by atoms with Crippen molar-refractivity contribution >= 4 is 29.9 Å². The SMILES string of the molecule is CN=C(N)NCc1ccccc1CN(C)C(C)C.I. The molecule has 0 bridgehead atoms. The average molecular weight is 376 g/mol. The molecule has 0 fully saturated rings. The minimum absolute atomic E-state index is 0. The fourth-order valence-corrected chi connectivity index (χ4v) is 1.60. The summed E-state index contributed by atoms with van der Waals surface area (Å²) in [6, 6.07) is 8.95. The first-order valence-corrected chi connectivity index (χ1v) is 6.27. The predicted octanol–water partition coefficient (Wildman–Crippen LogP) is 2.18. The van der Waals surface area contributed by atoms with Crippen LogP contribution in [0.15, 0.2) is 29.3 Å². The van der Waals surface area contributed by atoms with Gasteiger partial charge in [-0.15, -0.1) is 24.0 Å². The van der Waals surface area contributed by atoms with E-state index in [1.807, 2.05) is 0 Å². The van der Waals surface area contributed by atoms with Gasteiger partial charge in [0.15, 0.2) is 5.96 Å². The fourth-order valence-electron chi connectivity index (χ4n) is 1.60. The molecule has 0 aliphatic carbocycles. The van der Waals surface area contributed by atoms with Gasteiger partial charge in [0.25, 0.3) is 0 Å². The van der Waals surface area contributed by atoms with E-state index in [4.69, 9.17) is 5.73 Å². The molecule has 0 aromatic heterocycles. The maximum absolute atomic E-state index is 5.65. The van der Waals surface area contributed by atoms with Gasteiger partial charge in [0.2, 0.25) is 0 Å². The fraction of sp³-hybridized carbons (Fsp3) is 0.500. The summed E-state index contributed by atoms with van der Waals surface area (Å²) in [6.45, 7) is 6.05. The second-order valence-electron chi connectivity index (χ2n) is 4.74. The molecule has 0 aliphatic rings. The van der Waals surface area contributed by atoms with Crippen LogP contribution in [0.5, 0.6) is 0 Å². The lowest BCUT2D eigenvalue weighted by atomic mass is 10.1. The highest BCUT2D eigenvalue weighted by Gasteiger charge is 2.07. The van der Waals surface area contributed by atoms with Crippen molar-refractivity contribution in [3.63, 3.8) is 0 Å². The van der Waals surface area contributed by atoms with E-state index in [-0.39, 0.29) is 24.0 Å². The molecule has 0 aliphatic heterocycles. The summed E-state index contributed by atoms with van der Waals surface area (Å²) in [5.41, 5.74) is 8.23. The Labute approximate surface area is 133 Å². The molecule has 0 saturated carbocycles. The van der Waals surface area contributed by atoms with Crippen molar-refractivity contribution in [3.05, 3.63) is 35.4 Å². The first kappa shape index (κ1) is 18.2. The summed E-state index contributed by atoms with van der Waals surface area (Å²) in [6.07, 6.45) is 0. The minimum atomic E-state index is 0. The Bertz CT molecular complexity index is 404. The van der Waals surface area contributed by atoms with Crippen LogP contribution >= 0.6 is 24.0 Å². The van der Waals surface area contributed by atoms with Gasteiger partial charge in [-0.05, 0) is 32.0 Å². The number of nitrogens with two attached hydrogens (primary N) is 1. The van der Waals surface area contributed by atoms with E-state index in [1.54, 1.807) is 7.05 Å². The molecule has 4 nitrogen and oxygen atoms in total. The highest BCUT2D eigenvalue weighted by Crippen LogP contribution is 2.12. The normalized spacial score (nSPS) is 11.6. The van der Waals surface area contributed by atoms with Gasteiger partial charge in [-0.1, -0.05) is 24.3 Å². The summed E-state index contributed by atoms with van der Waals surface area (Å²) >= 11 is 0. The molecule has 0 saturated heterocycles. The standard InChI is InChI=1S/C14H24N4.HI/c1-11(2)18(4)10-13-8-6-5-7-12(13)9-17-14(15)16-3;/h5-8,11H,9-10H2,1-4H3,(H3,15,16,17);1H. The zero-order valence-corrected chi connectivity index (χ0v) is 14.5. The van der Waals surface area contributed by atoms with E-state index < -0.39 is 0 Å². The lowest BCUT2D eigenvalue weighted by Crippen LogP contribution is -2.31. The lowest BCUT2D eigenvalue weighted by Gasteiger charge is -2.22. The Morgan fingerprint density at radius 3 is 2.42 bits per heavy atom. The summed E-state index contributed by atoms with van der Waals surface area (Å²) in [7, 11) is 3.82. The molecular formula is C14H25IN4. The van der Waals surface area contributed by atoms with Crippen molar-refractivity contribution in [3.8, 4) is 0 Å². The summed E-state index contributed by atoms with van der Waals surface area (Å²) < 4.78 is 0. The second kappa shape index (κ2) is 9.14. The van der Waals surface area contributed by atoms with Crippen LogP contribution in [0.3, 0.4) is 0 Å². The van der Waals surface area contributed by atoms with E-state index >= 15 is 0 Å². The molecule has 5 heteroatoms. The monoisotopic (exact) mass is 376 g/mol. The van der Waals surface area contributed by atoms with E-state index in [1.165, 1.54) is 11.1 Å². The van der Waals surface area contributed by atoms with E-state index in [2.05, 4.69) is 60.4 Å². The third kappa shape index (κ3) is 6.24. The van der Waals surface area contributed by atoms with Crippen LogP contribution in [0.2, 0.25) is 0 Å². The summed E-state index contributed by atoms with van der Waals surface area (Å²) in [4.78, 5) is 6.21. The Hall–Kier alpha value is -0.820. The predicted molar refractivity (Wildman–Crippen MR) is 92.8 cm³/mol. The van der Waals surface area contributed by atoms with Crippen molar-refractivity contribution < 1.29 is 0 Å². The van der Waals surface area contributed by atoms with Gasteiger partial charge in [0.1, 0.15) is 0 Å². The quantitative estimate of drug-likeness (QED) is 0.471. The molecule has 1 rings (SSSR count). The lowest BCUT2D eigenvalue weighted by molar-refractivity contribution is 0.265. The van der Waals surface area contributed by atoms with Crippen molar-refractivity contribution in [2.75, 3.05) is 14.1 Å².